The first-order valence-electron chi connectivity index (χ1n) is 7.08. The fourth-order valence-corrected chi connectivity index (χ4v) is 2.95. The predicted molar refractivity (Wildman–Crippen MR) is 85.5 cm³/mol. The number of fused-ring (bicyclic) bond motifs is 1. The van der Waals surface area contributed by atoms with Gasteiger partial charge in [-0.1, -0.05) is 30.3 Å². The third-order valence-corrected chi connectivity index (χ3v) is 4.09. The molecule has 0 saturated carbocycles. The summed E-state index contributed by atoms with van der Waals surface area (Å²) in [4.78, 5) is 11.9. The smallest absolute Gasteiger partial charge is 0.218 e. The molecule has 0 fully saturated rings. The highest BCUT2D eigenvalue weighted by molar-refractivity contribution is 7.99. The Bertz CT molecular complexity index is 630. The fourth-order valence-electron chi connectivity index (χ4n) is 2.07. The van der Waals surface area contributed by atoms with Gasteiger partial charge in [-0.2, -0.15) is 5.10 Å². The molecule has 3 rings (SSSR count). The average molecular weight is 302 g/mol. The molecule has 0 aliphatic carbocycles. The lowest BCUT2D eigenvalue weighted by Gasteiger charge is -2.02. The lowest BCUT2D eigenvalue weighted by atomic mass is 10.2. The highest BCUT2D eigenvalue weighted by atomic mass is 32.2. The quantitative estimate of drug-likeness (QED) is 0.440. The van der Waals surface area contributed by atoms with Crippen molar-refractivity contribution >= 4 is 28.7 Å². The summed E-state index contributed by atoms with van der Waals surface area (Å²) in [7, 11) is 0. The Morgan fingerprint density at radius 1 is 1.14 bits per heavy atom. The van der Waals surface area contributed by atoms with Crippen molar-refractivity contribution in [2.45, 2.75) is 24.4 Å². The molecule has 3 aromatic rings. The van der Waals surface area contributed by atoms with Gasteiger partial charge in [-0.25, -0.2) is 15.1 Å². The second kappa shape index (κ2) is 7.12. The maximum absolute atomic E-state index is 4.56. The summed E-state index contributed by atoms with van der Waals surface area (Å²) in [5.74, 6) is 1.83. The summed E-state index contributed by atoms with van der Waals surface area (Å²) in [6, 6.07) is 8.13. The van der Waals surface area contributed by atoms with E-state index < -0.39 is 0 Å². The van der Waals surface area contributed by atoms with E-state index in [0.29, 0.717) is 0 Å². The lowest BCUT2D eigenvalue weighted by Crippen LogP contribution is -2.03. The third kappa shape index (κ3) is 3.98. The molecule has 0 spiro atoms. The number of hydrogen-bond acceptors (Lipinski definition) is 5. The molecule has 7 heteroatoms. The van der Waals surface area contributed by atoms with Gasteiger partial charge in [0.05, 0.1) is 11.0 Å². The fraction of sp³-hybridized carbons (Fsp3) is 0.357. The molecule has 21 heavy (non-hydrogen) atoms. The van der Waals surface area contributed by atoms with Crippen LogP contribution in [0.1, 0.15) is 19.3 Å². The van der Waals surface area contributed by atoms with Gasteiger partial charge >= 0.3 is 0 Å². The first kappa shape index (κ1) is 13.9. The standard InChI is InChI=1S/C14H18N6S/c1(4-8-15-13-16-10-17-20-13)5-9-21-14-18-11-6-2-3-7-12(11)19-14/h2-3,6-7,10H,1,4-5,8-9H2,(H,18,19)(H2,15,16,17,20). The van der Waals surface area contributed by atoms with Gasteiger partial charge in [0.15, 0.2) is 5.16 Å². The molecular weight excluding hydrogens is 284 g/mol. The molecule has 0 unspecified atom stereocenters. The van der Waals surface area contributed by atoms with Crippen molar-refractivity contribution in [2.24, 2.45) is 0 Å². The summed E-state index contributed by atoms with van der Waals surface area (Å²) >= 11 is 1.79. The van der Waals surface area contributed by atoms with E-state index in [-0.39, 0.29) is 0 Å². The number of H-pyrrole nitrogens is 2. The Labute approximate surface area is 127 Å². The molecule has 0 saturated heterocycles. The molecule has 0 atom stereocenters. The van der Waals surface area contributed by atoms with E-state index in [1.807, 2.05) is 18.2 Å². The SMILES string of the molecule is c1ccc2[nH]c(SCCCCCNc3ncn[nH]3)nc2c1. The number of thioether (sulfide) groups is 1. The zero-order valence-electron chi connectivity index (χ0n) is 11.7. The normalized spacial score (nSPS) is 11.0. The molecule has 0 aliphatic rings. The maximum Gasteiger partial charge on any atom is 0.218 e. The first-order valence-corrected chi connectivity index (χ1v) is 8.07. The summed E-state index contributed by atoms with van der Waals surface area (Å²) in [5.41, 5.74) is 2.15. The molecule has 0 aliphatic heterocycles. The van der Waals surface area contributed by atoms with Crippen molar-refractivity contribution < 1.29 is 0 Å². The van der Waals surface area contributed by atoms with Gasteiger partial charge in [-0.3, -0.25) is 0 Å². The van der Waals surface area contributed by atoms with Gasteiger partial charge in [0.25, 0.3) is 0 Å². The van der Waals surface area contributed by atoms with E-state index in [4.69, 9.17) is 0 Å². The Hall–Kier alpha value is -2.02. The Kier molecular flexibility index (Phi) is 4.73. The average Bonchev–Trinajstić information content (AvgIpc) is 3.15. The minimum atomic E-state index is 0.742. The van der Waals surface area contributed by atoms with Crippen molar-refractivity contribution in [3.63, 3.8) is 0 Å². The molecule has 1 aromatic carbocycles. The van der Waals surface area contributed by atoms with Crippen molar-refractivity contribution in [1.29, 1.82) is 0 Å². The van der Waals surface area contributed by atoms with Crippen LogP contribution in [-0.4, -0.2) is 37.4 Å². The van der Waals surface area contributed by atoms with Crippen molar-refractivity contribution in [3.8, 4) is 0 Å². The van der Waals surface area contributed by atoms with E-state index in [2.05, 4.69) is 36.5 Å². The highest BCUT2D eigenvalue weighted by Gasteiger charge is 2.02. The van der Waals surface area contributed by atoms with Gasteiger partial charge in [-0.15, -0.1) is 0 Å². The van der Waals surface area contributed by atoms with Crippen LogP contribution in [0.2, 0.25) is 0 Å². The second-order valence-corrected chi connectivity index (χ2v) is 5.81. The molecule has 0 radical (unpaired) electrons. The topological polar surface area (TPSA) is 82.3 Å². The number of aromatic amines is 2. The lowest BCUT2D eigenvalue weighted by molar-refractivity contribution is 0.745. The molecule has 3 N–H and O–H groups in total. The summed E-state index contributed by atoms with van der Waals surface area (Å²) in [6.45, 7) is 0.921. The molecule has 0 bridgehead atoms. The van der Waals surface area contributed by atoms with Gasteiger partial charge in [0.1, 0.15) is 6.33 Å². The van der Waals surface area contributed by atoms with Crippen LogP contribution in [0, 0.1) is 0 Å². The van der Waals surface area contributed by atoms with Crippen LogP contribution in [0.4, 0.5) is 5.95 Å². The summed E-state index contributed by atoms with van der Waals surface area (Å²) < 4.78 is 0. The number of nitrogens with zero attached hydrogens (tertiary/aromatic N) is 3. The number of unbranched alkanes of at least 4 members (excludes halogenated alkanes) is 2. The van der Waals surface area contributed by atoms with E-state index in [0.717, 1.165) is 40.9 Å². The number of hydrogen-bond donors (Lipinski definition) is 3. The Morgan fingerprint density at radius 2 is 2.10 bits per heavy atom. The molecule has 6 nitrogen and oxygen atoms in total. The number of rotatable bonds is 8. The van der Waals surface area contributed by atoms with Crippen LogP contribution in [0.25, 0.3) is 11.0 Å². The highest BCUT2D eigenvalue weighted by Crippen LogP contribution is 2.20. The van der Waals surface area contributed by atoms with Gasteiger partial charge in [0, 0.05) is 12.3 Å². The maximum atomic E-state index is 4.56. The summed E-state index contributed by atoms with van der Waals surface area (Å²) in [5, 5.41) is 10.8. The molecule has 2 heterocycles. The minimum Gasteiger partial charge on any atom is -0.355 e. The number of benzene rings is 1. The zero-order chi connectivity index (χ0) is 14.3. The zero-order valence-corrected chi connectivity index (χ0v) is 12.5. The van der Waals surface area contributed by atoms with E-state index in [1.54, 1.807) is 11.8 Å². The van der Waals surface area contributed by atoms with Crippen LogP contribution >= 0.6 is 11.8 Å². The third-order valence-electron chi connectivity index (χ3n) is 3.14. The number of anilines is 1. The van der Waals surface area contributed by atoms with Crippen molar-refractivity contribution in [3.05, 3.63) is 30.6 Å². The predicted octanol–water partition coefficient (Wildman–Crippen LogP) is 3.06. The molecule has 2 aromatic heterocycles. The Balaban J connectivity index is 1.31. The van der Waals surface area contributed by atoms with Crippen molar-refractivity contribution in [1.82, 2.24) is 25.1 Å². The minimum absolute atomic E-state index is 0.742. The van der Waals surface area contributed by atoms with Crippen LogP contribution < -0.4 is 5.32 Å². The van der Waals surface area contributed by atoms with Crippen LogP contribution in [0.5, 0.6) is 0 Å². The van der Waals surface area contributed by atoms with E-state index in [9.17, 15) is 0 Å². The van der Waals surface area contributed by atoms with E-state index in [1.165, 1.54) is 19.2 Å². The number of para-hydroxylation sites is 2. The van der Waals surface area contributed by atoms with Crippen LogP contribution in [0.3, 0.4) is 0 Å². The molecular formula is C14H18N6S. The number of imidazole rings is 1. The number of nitrogens with one attached hydrogen (secondary N) is 3. The van der Waals surface area contributed by atoms with Gasteiger partial charge < -0.3 is 10.3 Å². The first-order chi connectivity index (χ1) is 10.4. The number of aromatic nitrogens is 5. The molecule has 110 valence electrons. The monoisotopic (exact) mass is 302 g/mol. The second-order valence-electron chi connectivity index (χ2n) is 4.73. The van der Waals surface area contributed by atoms with Crippen molar-refractivity contribution in [2.75, 3.05) is 17.6 Å². The molecule has 0 amide bonds. The van der Waals surface area contributed by atoms with Gasteiger partial charge in [0.2, 0.25) is 5.95 Å². The van der Waals surface area contributed by atoms with Crippen LogP contribution in [0.15, 0.2) is 35.7 Å². The largest absolute Gasteiger partial charge is 0.355 e. The van der Waals surface area contributed by atoms with Gasteiger partial charge in [-0.05, 0) is 25.0 Å². The Morgan fingerprint density at radius 3 is 2.95 bits per heavy atom. The summed E-state index contributed by atoms with van der Waals surface area (Å²) in [6.07, 6.45) is 5.00. The van der Waals surface area contributed by atoms with E-state index >= 15 is 0 Å². The van der Waals surface area contributed by atoms with Crippen LogP contribution in [-0.2, 0) is 0 Å².